The molecule has 0 aliphatic rings. The monoisotopic (exact) mass is 218 g/mol. The zero-order valence-corrected chi connectivity index (χ0v) is 8.62. The maximum atomic E-state index is 11.5. The fourth-order valence-corrected chi connectivity index (χ4v) is 1.61. The molecule has 0 unspecified atom stereocenters. The molecule has 0 aliphatic carbocycles. The second-order valence-electron chi connectivity index (χ2n) is 3.17. The van der Waals surface area contributed by atoms with Gasteiger partial charge in [0.05, 0.1) is 30.1 Å². The van der Waals surface area contributed by atoms with Gasteiger partial charge < -0.3 is 14.3 Å². The van der Waals surface area contributed by atoms with Crippen molar-refractivity contribution >= 4 is 17.7 Å². The number of oxime groups is 1. The predicted octanol–water partition coefficient (Wildman–Crippen LogP) is 1.53. The van der Waals surface area contributed by atoms with Gasteiger partial charge in [-0.1, -0.05) is 5.16 Å². The highest BCUT2D eigenvalue weighted by Gasteiger charge is 2.11. The summed E-state index contributed by atoms with van der Waals surface area (Å²) in [6.45, 7) is 0. The fourth-order valence-electron chi connectivity index (χ4n) is 1.61. The van der Waals surface area contributed by atoms with E-state index < -0.39 is 5.97 Å². The van der Waals surface area contributed by atoms with E-state index in [1.54, 1.807) is 34.9 Å². The van der Waals surface area contributed by atoms with Crippen LogP contribution in [-0.2, 0) is 4.74 Å². The number of aromatic nitrogens is 1. The highest BCUT2D eigenvalue weighted by molar-refractivity contribution is 5.98. The van der Waals surface area contributed by atoms with Crippen molar-refractivity contribution in [1.29, 1.82) is 0 Å². The van der Waals surface area contributed by atoms with Gasteiger partial charge in [-0.15, -0.1) is 0 Å². The normalized spacial score (nSPS) is 11.1. The number of rotatable bonds is 2. The minimum absolute atomic E-state index is 0.392. The second-order valence-corrected chi connectivity index (χ2v) is 3.17. The molecule has 1 N–H and O–H groups in total. The number of carbonyl (C=O) groups is 1. The van der Waals surface area contributed by atoms with Gasteiger partial charge in [-0.2, -0.15) is 0 Å². The molecule has 5 heteroatoms. The van der Waals surface area contributed by atoms with Crippen LogP contribution in [0.1, 0.15) is 16.1 Å². The van der Waals surface area contributed by atoms with Gasteiger partial charge in [-0.3, -0.25) is 0 Å². The summed E-state index contributed by atoms with van der Waals surface area (Å²) in [5.41, 5.74) is 1.86. The molecule has 2 heterocycles. The van der Waals surface area contributed by atoms with Crippen LogP contribution >= 0.6 is 0 Å². The van der Waals surface area contributed by atoms with Gasteiger partial charge in [0, 0.05) is 6.20 Å². The molecule has 0 spiro atoms. The van der Waals surface area contributed by atoms with Crippen molar-refractivity contribution in [1.82, 2.24) is 4.40 Å². The molecular formula is C11H10N2O3. The predicted molar refractivity (Wildman–Crippen MR) is 58.1 cm³/mol. The number of ether oxygens (including phenoxy) is 1. The third-order valence-corrected chi connectivity index (χ3v) is 2.32. The van der Waals surface area contributed by atoms with Gasteiger partial charge in [-0.25, -0.2) is 4.79 Å². The van der Waals surface area contributed by atoms with Gasteiger partial charge in [0.25, 0.3) is 0 Å². The van der Waals surface area contributed by atoms with E-state index >= 15 is 0 Å². The van der Waals surface area contributed by atoms with Crippen molar-refractivity contribution in [2.75, 3.05) is 7.11 Å². The molecule has 0 bridgehead atoms. The Morgan fingerprint density at radius 1 is 1.50 bits per heavy atom. The molecule has 16 heavy (non-hydrogen) atoms. The van der Waals surface area contributed by atoms with Crippen LogP contribution in [0, 0.1) is 0 Å². The Morgan fingerprint density at radius 2 is 2.31 bits per heavy atom. The fraction of sp³-hybridized carbons (Fsp3) is 0.0909. The topological polar surface area (TPSA) is 63.3 Å². The van der Waals surface area contributed by atoms with Crippen molar-refractivity contribution in [3.63, 3.8) is 0 Å². The van der Waals surface area contributed by atoms with Crippen LogP contribution in [0.25, 0.3) is 5.52 Å². The Morgan fingerprint density at radius 3 is 3.00 bits per heavy atom. The van der Waals surface area contributed by atoms with Gasteiger partial charge in [0.2, 0.25) is 0 Å². The van der Waals surface area contributed by atoms with E-state index in [9.17, 15) is 4.79 Å². The lowest BCUT2D eigenvalue weighted by atomic mass is 10.2. The Labute approximate surface area is 91.6 Å². The molecule has 2 aromatic heterocycles. The van der Waals surface area contributed by atoms with E-state index in [1.165, 1.54) is 13.3 Å². The number of pyridine rings is 1. The average molecular weight is 218 g/mol. The van der Waals surface area contributed by atoms with Gasteiger partial charge in [0.15, 0.2) is 0 Å². The number of methoxy groups -OCH3 is 1. The van der Waals surface area contributed by atoms with Gasteiger partial charge in [0.1, 0.15) is 0 Å². The van der Waals surface area contributed by atoms with Crippen molar-refractivity contribution < 1.29 is 14.7 Å². The molecule has 82 valence electrons. The molecule has 0 saturated carbocycles. The Hall–Kier alpha value is -2.30. The third kappa shape index (κ3) is 1.52. The Kier molecular flexibility index (Phi) is 2.59. The third-order valence-electron chi connectivity index (χ3n) is 2.32. The number of carbonyl (C=O) groups excluding carboxylic acids is 1. The zero-order chi connectivity index (χ0) is 11.5. The smallest absolute Gasteiger partial charge is 0.339 e. The summed E-state index contributed by atoms with van der Waals surface area (Å²) in [4.78, 5) is 11.5. The molecule has 0 aromatic carbocycles. The highest BCUT2D eigenvalue weighted by atomic mass is 16.5. The molecule has 0 fully saturated rings. The SMILES string of the molecule is COC(=O)c1ccc(/C=N\O)n2cccc12. The first-order valence-corrected chi connectivity index (χ1v) is 4.63. The molecular weight excluding hydrogens is 208 g/mol. The molecule has 0 saturated heterocycles. The van der Waals surface area contributed by atoms with Crippen LogP contribution in [0.3, 0.4) is 0 Å². The first-order chi connectivity index (χ1) is 7.77. The number of fused-ring (bicyclic) bond motifs is 1. The molecule has 0 aliphatic heterocycles. The summed E-state index contributed by atoms with van der Waals surface area (Å²) in [5, 5.41) is 11.5. The largest absolute Gasteiger partial charge is 0.465 e. The van der Waals surface area contributed by atoms with E-state index in [0.717, 1.165) is 0 Å². The average Bonchev–Trinajstić information content (AvgIpc) is 2.78. The van der Waals surface area contributed by atoms with Crippen LogP contribution in [0.2, 0.25) is 0 Å². The number of hydrogen-bond donors (Lipinski definition) is 1. The Bertz CT molecular complexity index is 557. The summed E-state index contributed by atoms with van der Waals surface area (Å²) in [6, 6.07) is 6.91. The van der Waals surface area contributed by atoms with E-state index in [1.807, 2.05) is 0 Å². The summed E-state index contributed by atoms with van der Waals surface area (Å²) < 4.78 is 6.42. The van der Waals surface area contributed by atoms with Gasteiger partial charge in [-0.05, 0) is 24.3 Å². The number of hydrogen-bond acceptors (Lipinski definition) is 4. The Balaban J connectivity index is 2.68. The van der Waals surface area contributed by atoms with Crippen LogP contribution in [0.15, 0.2) is 35.6 Å². The van der Waals surface area contributed by atoms with Crippen LogP contribution in [-0.4, -0.2) is 28.9 Å². The summed E-state index contributed by atoms with van der Waals surface area (Å²) in [5.74, 6) is -0.392. The maximum Gasteiger partial charge on any atom is 0.339 e. The molecule has 0 atom stereocenters. The van der Waals surface area contributed by atoms with Crippen molar-refractivity contribution in [2.45, 2.75) is 0 Å². The highest BCUT2D eigenvalue weighted by Crippen LogP contribution is 2.15. The van der Waals surface area contributed by atoms with Crippen molar-refractivity contribution in [2.24, 2.45) is 5.16 Å². The minimum Gasteiger partial charge on any atom is -0.465 e. The number of nitrogens with zero attached hydrogens (tertiary/aromatic N) is 2. The maximum absolute atomic E-state index is 11.5. The van der Waals surface area contributed by atoms with Crippen LogP contribution in [0.4, 0.5) is 0 Å². The molecule has 0 radical (unpaired) electrons. The second kappa shape index (κ2) is 4.06. The van der Waals surface area contributed by atoms with Crippen LogP contribution < -0.4 is 0 Å². The minimum atomic E-state index is -0.392. The lowest BCUT2D eigenvalue weighted by molar-refractivity contribution is 0.0602. The molecule has 2 rings (SSSR count). The van der Waals surface area contributed by atoms with Crippen molar-refractivity contribution in [3.05, 3.63) is 41.7 Å². The number of esters is 1. The quantitative estimate of drug-likeness (QED) is 0.360. The van der Waals surface area contributed by atoms with Crippen molar-refractivity contribution in [3.8, 4) is 0 Å². The van der Waals surface area contributed by atoms with E-state index in [0.29, 0.717) is 16.8 Å². The first-order valence-electron chi connectivity index (χ1n) is 4.63. The van der Waals surface area contributed by atoms with E-state index in [-0.39, 0.29) is 0 Å². The van der Waals surface area contributed by atoms with E-state index in [2.05, 4.69) is 9.89 Å². The molecule has 0 amide bonds. The molecule has 2 aromatic rings. The lowest BCUT2D eigenvalue weighted by Gasteiger charge is -2.05. The molecule has 5 nitrogen and oxygen atoms in total. The first kappa shape index (κ1) is 10.2. The lowest BCUT2D eigenvalue weighted by Crippen LogP contribution is -2.05. The standard InChI is InChI=1S/C11H10N2O3/c1-16-11(14)9-5-4-8(7-12-15)13-6-2-3-10(9)13/h2-7,15H,1H3/b12-7-. The summed E-state index contributed by atoms with van der Waals surface area (Å²) in [6.07, 6.45) is 3.08. The van der Waals surface area contributed by atoms with E-state index in [4.69, 9.17) is 5.21 Å². The summed E-state index contributed by atoms with van der Waals surface area (Å²) >= 11 is 0. The van der Waals surface area contributed by atoms with Crippen LogP contribution in [0.5, 0.6) is 0 Å². The zero-order valence-electron chi connectivity index (χ0n) is 8.62. The summed E-state index contributed by atoms with van der Waals surface area (Å²) in [7, 11) is 1.34. The van der Waals surface area contributed by atoms with Gasteiger partial charge >= 0.3 is 5.97 Å².